The normalized spacial score (nSPS) is 14.3. The van der Waals surface area contributed by atoms with E-state index in [2.05, 4.69) is 35.1 Å². The van der Waals surface area contributed by atoms with Gasteiger partial charge in [0, 0.05) is 23.5 Å². The van der Waals surface area contributed by atoms with Gasteiger partial charge in [0.1, 0.15) is 11.8 Å². The number of hydrogen-bond donors (Lipinski definition) is 1. The number of benzene rings is 3. The van der Waals surface area contributed by atoms with Crippen molar-refractivity contribution in [2.45, 2.75) is 70.5 Å². The number of carbonyl (C=O) groups is 2. The van der Waals surface area contributed by atoms with E-state index in [1.54, 1.807) is 4.90 Å². The van der Waals surface area contributed by atoms with E-state index in [-0.39, 0.29) is 30.4 Å². The lowest BCUT2D eigenvalue weighted by Crippen LogP contribution is -2.53. The summed E-state index contributed by atoms with van der Waals surface area (Å²) in [6, 6.07) is 25.1. The Morgan fingerprint density at radius 3 is 2.26 bits per heavy atom. The zero-order chi connectivity index (χ0) is 26.9. The van der Waals surface area contributed by atoms with Crippen molar-refractivity contribution in [1.82, 2.24) is 10.2 Å². The number of halogens is 1. The highest BCUT2D eigenvalue weighted by atomic mass is 79.9. The van der Waals surface area contributed by atoms with Crippen LogP contribution in [0.1, 0.15) is 62.1 Å². The summed E-state index contributed by atoms with van der Waals surface area (Å²) in [6.45, 7) is 4.39. The highest BCUT2D eigenvalue weighted by molar-refractivity contribution is 9.10. The molecule has 3 aromatic rings. The van der Waals surface area contributed by atoms with E-state index >= 15 is 0 Å². The Balaban J connectivity index is 1.62. The summed E-state index contributed by atoms with van der Waals surface area (Å²) in [5.74, 6) is 0.653. The first kappa shape index (κ1) is 27.9. The number of hydrogen-bond acceptors (Lipinski definition) is 3. The lowest BCUT2D eigenvalue weighted by atomic mass is 10.0. The van der Waals surface area contributed by atoms with Gasteiger partial charge in [-0.2, -0.15) is 0 Å². The second-order valence-electron chi connectivity index (χ2n) is 10.3. The maximum absolute atomic E-state index is 13.9. The molecule has 200 valence electrons. The average molecular weight is 578 g/mol. The lowest BCUT2D eigenvalue weighted by molar-refractivity contribution is -0.143. The van der Waals surface area contributed by atoms with Crippen LogP contribution in [-0.2, 0) is 22.6 Å². The zero-order valence-electron chi connectivity index (χ0n) is 22.2. The molecule has 2 amide bonds. The molecule has 5 nitrogen and oxygen atoms in total. The van der Waals surface area contributed by atoms with Crippen LogP contribution >= 0.6 is 15.9 Å². The summed E-state index contributed by atoms with van der Waals surface area (Å²) in [6.07, 6.45) is 4.65. The average Bonchev–Trinajstić information content (AvgIpc) is 3.44. The first-order chi connectivity index (χ1) is 18.4. The molecule has 3 aromatic carbocycles. The van der Waals surface area contributed by atoms with Crippen LogP contribution < -0.4 is 10.1 Å². The van der Waals surface area contributed by atoms with E-state index in [4.69, 9.17) is 4.74 Å². The predicted molar refractivity (Wildman–Crippen MR) is 155 cm³/mol. The number of nitrogens with one attached hydrogen (secondary N) is 1. The highest BCUT2D eigenvalue weighted by Crippen LogP contribution is 2.26. The fraction of sp³-hybridized carbons (Fsp3) is 0.375. The van der Waals surface area contributed by atoms with E-state index in [1.807, 2.05) is 78.9 Å². The fourth-order valence-corrected chi connectivity index (χ4v) is 5.28. The number of ether oxygens (including phenoxy) is 1. The van der Waals surface area contributed by atoms with Gasteiger partial charge in [-0.25, -0.2) is 0 Å². The summed E-state index contributed by atoms with van der Waals surface area (Å²) >= 11 is 3.49. The molecule has 1 N–H and O–H groups in total. The molecule has 38 heavy (non-hydrogen) atoms. The molecular formula is C32H37BrN2O3. The van der Waals surface area contributed by atoms with Crippen LogP contribution in [0.5, 0.6) is 5.75 Å². The summed E-state index contributed by atoms with van der Waals surface area (Å²) in [7, 11) is 0. The van der Waals surface area contributed by atoms with Gasteiger partial charge in [-0.15, -0.1) is 0 Å². The summed E-state index contributed by atoms with van der Waals surface area (Å²) in [5.41, 5.74) is 3.02. The quantitative estimate of drug-likeness (QED) is 0.278. The molecule has 0 aromatic heterocycles. The van der Waals surface area contributed by atoms with Crippen LogP contribution in [0.4, 0.5) is 0 Å². The number of amides is 2. The Kier molecular flexibility index (Phi) is 9.99. The van der Waals surface area contributed by atoms with Crippen molar-refractivity contribution in [2.75, 3.05) is 6.61 Å². The number of nitrogens with zero attached hydrogens (tertiary/aromatic N) is 1. The van der Waals surface area contributed by atoms with Crippen LogP contribution in [0.25, 0.3) is 0 Å². The maximum atomic E-state index is 13.9. The minimum absolute atomic E-state index is 0.103. The van der Waals surface area contributed by atoms with Gasteiger partial charge in [-0.1, -0.05) is 103 Å². The molecule has 6 heteroatoms. The van der Waals surface area contributed by atoms with Gasteiger partial charge in [0.05, 0.1) is 0 Å². The van der Waals surface area contributed by atoms with Gasteiger partial charge in [0.2, 0.25) is 5.91 Å². The third-order valence-electron chi connectivity index (χ3n) is 7.13. The zero-order valence-corrected chi connectivity index (χ0v) is 23.8. The molecule has 1 fully saturated rings. The first-order valence-corrected chi connectivity index (χ1v) is 14.3. The second-order valence-corrected chi connectivity index (χ2v) is 11.2. The number of rotatable bonds is 11. The number of carbonyl (C=O) groups excluding carboxylic acids is 2. The van der Waals surface area contributed by atoms with Gasteiger partial charge in [0.15, 0.2) is 6.61 Å². The summed E-state index contributed by atoms with van der Waals surface area (Å²) in [5, 5.41) is 3.25. The Bertz CT molecular complexity index is 1190. The molecule has 1 atom stereocenters. The molecular weight excluding hydrogens is 540 g/mol. The first-order valence-electron chi connectivity index (χ1n) is 13.5. The van der Waals surface area contributed by atoms with E-state index in [1.165, 1.54) is 0 Å². The van der Waals surface area contributed by atoms with Crippen molar-refractivity contribution >= 4 is 27.7 Å². The summed E-state index contributed by atoms with van der Waals surface area (Å²) in [4.78, 5) is 29.3. The van der Waals surface area contributed by atoms with E-state index in [0.29, 0.717) is 18.7 Å². The standard InChI is InChI=1S/C32H37BrN2O3/c1-23(2)28-14-8-9-15-30(28)38-22-31(36)35(21-25-16-18-26(33)19-17-25)29(20-24-10-4-3-5-11-24)32(37)34-27-12-6-7-13-27/h3-5,8-11,14-19,23,27,29H,6-7,12-13,20-22H2,1-2H3,(H,34,37)/t29-/m1/s1. The smallest absolute Gasteiger partial charge is 0.261 e. The van der Waals surface area contributed by atoms with Crippen molar-refractivity contribution in [1.29, 1.82) is 0 Å². The van der Waals surface area contributed by atoms with Crippen molar-refractivity contribution in [2.24, 2.45) is 0 Å². The Hall–Kier alpha value is -3.12. The van der Waals surface area contributed by atoms with Gasteiger partial charge in [0.25, 0.3) is 5.91 Å². The van der Waals surface area contributed by atoms with E-state index in [0.717, 1.165) is 46.8 Å². The topological polar surface area (TPSA) is 58.6 Å². The van der Waals surface area contributed by atoms with Crippen molar-refractivity contribution < 1.29 is 14.3 Å². The van der Waals surface area contributed by atoms with Crippen LogP contribution in [0.3, 0.4) is 0 Å². The fourth-order valence-electron chi connectivity index (χ4n) is 5.02. The molecule has 0 saturated heterocycles. The predicted octanol–water partition coefficient (Wildman–Crippen LogP) is 6.65. The molecule has 0 radical (unpaired) electrons. The molecule has 4 rings (SSSR count). The molecule has 1 saturated carbocycles. The van der Waals surface area contributed by atoms with Crippen molar-refractivity contribution in [3.05, 3.63) is 100 Å². The monoisotopic (exact) mass is 576 g/mol. The van der Waals surface area contributed by atoms with Gasteiger partial charge in [-0.05, 0) is 53.6 Å². The molecule has 1 aliphatic carbocycles. The van der Waals surface area contributed by atoms with Gasteiger partial charge < -0.3 is 15.0 Å². The highest BCUT2D eigenvalue weighted by Gasteiger charge is 2.32. The molecule has 0 heterocycles. The Morgan fingerprint density at radius 2 is 1.58 bits per heavy atom. The van der Waals surface area contributed by atoms with Crippen LogP contribution in [0.2, 0.25) is 0 Å². The van der Waals surface area contributed by atoms with Crippen LogP contribution in [0, 0.1) is 0 Å². The molecule has 0 aliphatic heterocycles. The minimum atomic E-state index is -0.655. The van der Waals surface area contributed by atoms with E-state index in [9.17, 15) is 9.59 Å². The maximum Gasteiger partial charge on any atom is 0.261 e. The second kappa shape index (κ2) is 13.6. The Labute approximate surface area is 234 Å². The third-order valence-corrected chi connectivity index (χ3v) is 7.66. The van der Waals surface area contributed by atoms with E-state index < -0.39 is 6.04 Å². The van der Waals surface area contributed by atoms with Crippen molar-refractivity contribution in [3.8, 4) is 5.75 Å². The molecule has 0 bridgehead atoms. The molecule has 0 unspecified atom stereocenters. The minimum Gasteiger partial charge on any atom is -0.483 e. The molecule has 1 aliphatic rings. The lowest BCUT2D eigenvalue weighted by Gasteiger charge is -2.32. The van der Waals surface area contributed by atoms with Gasteiger partial charge in [-0.3, -0.25) is 9.59 Å². The Morgan fingerprint density at radius 1 is 0.921 bits per heavy atom. The summed E-state index contributed by atoms with van der Waals surface area (Å²) < 4.78 is 7.05. The largest absolute Gasteiger partial charge is 0.483 e. The third kappa shape index (κ3) is 7.70. The van der Waals surface area contributed by atoms with Crippen LogP contribution in [-0.4, -0.2) is 35.4 Å². The SMILES string of the molecule is CC(C)c1ccccc1OCC(=O)N(Cc1ccc(Br)cc1)[C@H](Cc1ccccc1)C(=O)NC1CCCC1. The van der Waals surface area contributed by atoms with Gasteiger partial charge >= 0.3 is 0 Å². The molecule has 0 spiro atoms. The number of para-hydroxylation sites is 1. The van der Waals surface area contributed by atoms with Crippen LogP contribution in [0.15, 0.2) is 83.3 Å². The van der Waals surface area contributed by atoms with Crippen molar-refractivity contribution in [3.63, 3.8) is 0 Å².